The topological polar surface area (TPSA) is 79.8 Å². The van der Waals surface area contributed by atoms with Gasteiger partial charge >= 0.3 is 0 Å². The van der Waals surface area contributed by atoms with Gasteiger partial charge in [0.1, 0.15) is 11.5 Å². The van der Waals surface area contributed by atoms with E-state index < -0.39 is 0 Å². The fourth-order valence-corrected chi connectivity index (χ4v) is 4.44. The maximum Gasteiger partial charge on any atom is 0.271 e. The van der Waals surface area contributed by atoms with E-state index in [9.17, 15) is 4.79 Å². The van der Waals surface area contributed by atoms with Gasteiger partial charge in [-0.25, -0.2) is 0 Å². The van der Waals surface area contributed by atoms with Crippen LogP contribution in [0.25, 0.3) is 11.1 Å². The van der Waals surface area contributed by atoms with Crippen LogP contribution in [0.15, 0.2) is 54.6 Å². The predicted octanol–water partition coefficient (Wildman–Crippen LogP) is 4.40. The summed E-state index contributed by atoms with van der Waals surface area (Å²) in [6, 6.07) is 18.3. The molecule has 2 aromatic carbocycles. The molecule has 0 spiro atoms. The molecule has 0 atom stereocenters. The summed E-state index contributed by atoms with van der Waals surface area (Å²) in [7, 11) is 0. The van der Waals surface area contributed by atoms with Crippen LogP contribution < -0.4 is 19.7 Å². The molecule has 0 saturated carbocycles. The first-order valence-corrected chi connectivity index (χ1v) is 13.2. The van der Waals surface area contributed by atoms with Crippen LogP contribution in [0.3, 0.4) is 0 Å². The van der Waals surface area contributed by atoms with Crippen molar-refractivity contribution in [2.75, 3.05) is 50.8 Å². The molecule has 0 unspecified atom stereocenters. The number of rotatable bonds is 11. The Kier molecular flexibility index (Phi) is 9.32. The third-order valence-electron chi connectivity index (χ3n) is 6.28. The average molecular weight is 504 g/mol. The molecular weight excluding hydrogens is 466 g/mol. The molecule has 1 saturated heterocycles. The predicted molar refractivity (Wildman–Crippen MR) is 146 cm³/mol. The van der Waals surface area contributed by atoms with E-state index in [0.717, 1.165) is 67.6 Å². The highest BCUT2D eigenvalue weighted by Gasteiger charge is 2.20. The van der Waals surface area contributed by atoms with Crippen molar-refractivity contribution in [1.29, 1.82) is 0 Å². The van der Waals surface area contributed by atoms with E-state index in [1.165, 1.54) is 5.56 Å². The number of nitrogens with zero attached hydrogens (tertiary/aromatic N) is 4. The Morgan fingerprint density at radius 1 is 0.865 bits per heavy atom. The van der Waals surface area contributed by atoms with Crippen molar-refractivity contribution in [1.82, 2.24) is 20.4 Å². The Bertz CT molecular complexity index is 1160. The monoisotopic (exact) mass is 503 g/mol. The lowest BCUT2D eigenvalue weighted by Gasteiger charge is -2.35. The smallest absolute Gasteiger partial charge is 0.271 e. The third kappa shape index (κ3) is 7.20. The molecular formula is C29H37N5O3. The number of hydrogen-bond acceptors (Lipinski definition) is 7. The summed E-state index contributed by atoms with van der Waals surface area (Å²) in [5.41, 5.74) is 3.81. The number of aromatic nitrogens is 2. The van der Waals surface area contributed by atoms with E-state index in [4.69, 9.17) is 9.47 Å². The second kappa shape index (κ2) is 13.1. The highest BCUT2D eigenvalue weighted by molar-refractivity contribution is 5.92. The summed E-state index contributed by atoms with van der Waals surface area (Å²) in [5.74, 6) is 2.39. The van der Waals surface area contributed by atoms with Gasteiger partial charge in [0.2, 0.25) is 0 Å². The molecule has 196 valence electrons. The average Bonchev–Trinajstić information content (AvgIpc) is 2.93. The van der Waals surface area contributed by atoms with Crippen LogP contribution in [-0.4, -0.2) is 66.9 Å². The lowest BCUT2D eigenvalue weighted by molar-refractivity contribution is 0.0947. The zero-order chi connectivity index (χ0) is 26.0. The zero-order valence-corrected chi connectivity index (χ0v) is 22.1. The van der Waals surface area contributed by atoms with Gasteiger partial charge < -0.3 is 19.7 Å². The van der Waals surface area contributed by atoms with E-state index in [-0.39, 0.29) is 5.91 Å². The largest absolute Gasteiger partial charge is 0.494 e. The highest BCUT2D eigenvalue weighted by atomic mass is 16.5. The van der Waals surface area contributed by atoms with E-state index in [2.05, 4.69) is 55.6 Å². The van der Waals surface area contributed by atoms with Crippen molar-refractivity contribution >= 4 is 11.7 Å². The normalized spacial score (nSPS) is 13.9. The maximum absolute atomic E-state index is 12.1. The van der Waals surface area contributed by atoms with Gasteiger partial charge in [-0.05, 0) is 79.4 Å². The Balaban J connectivity index is 1.40. The molecule has 1 aliphatic heterocycles. The van der Waals surface area contributed by atoms with Crippen molar-refractivity contribution in [3.63, 3.8) is 0 Å². The van der Waals surface area contributed by atoms with Crippen LogP contribution in [0.2, 0.25) is 0 Å². The summed E-state index contributed by atoms with van der Waals surface area (Å²) in [5, 5.41) is 11.3. The Morgan fingerprint density at radius 3 is 2.32 bits per heavy atom. The fourth-order valence-electron chi connectivity index (χ4n) is 4.44. The van der Waals surface area contributed by atoms with E-state index in [1.54, 1.807) is 6.07 Å². The van der Waals surface area contributed by atoms with Crippen molar-refractivity contribution < 1.29 is 14.3 Å². The van der Waals surface area contributed by atoms with Gasteiger partial charge in [0, 0.05) is 39.3 Å². The highest BCUT2D eigenvalue weighted by Crippen LogP contribution is 2.29. The quantitative estimate of drug-likeness (QED) is 0.415. The number of benzene rings is 2. The van der Waals surface area contributed by atoms with Crippen molar-refractivity contribution in [3.8, 4) is 22.6 Å². The SMILES string of the molecule is CCCNC(=O)c1ccc(N2CCN(Cc3cc(OCC)cc(-c4cccc(OCC)c4)c3)CC2)nn1. The van der Waals surface area contributed by atoms with E-state index in [0.29, 0.717) is 25.5 Å². The Labute approximate surface area is 219 Å². The van der Waals surface area contributed by atoms with Crippen LogP contribution >= 0.6 is 0 Å². The molecule has 4 rings (SSSR count). The van der Waals surface area contributed by atoms with Gasteiger partial charge in [0.05, 0.1) is 13.2 Å². The summed E-state index contributed by atoms with van der Waals surface area (Å²) in [4.78, 5) is 16.8. The number of amides is 1. The number of ether oxygens (including phenoxy) is 2. The van der Waals surface area contributed by atoms with Crippen LogP contribution in [0.1, 0.15) is 43.2 Å². The molecule has 1 N–H and O–H groups in total. The van der Waals surface area contributed by atoms with Crippen molar-refractivity contribution in [2.45, 2.75) is 33.7 Å². The number of carbonyl (C=O) groups is 1. The minimum atomic E-state index is -0.177. The van der Waals surface area contributed by atoms with Crippen LogP contribution in [-0.2, 0) is 6.54 Å². The van der Waals surface area contributed by atoms with Crippen LogP contribution in [0.5, 0.6) is 11.5 Å². The summed E-state index contributed by atoms with van der Waals surface area (Å²) in [6.07, 6.45) is 0.889. The van der Waals surface area contributed by atoms with E-state index >= 15 is 0 Å². The van der Waals surface area contributed by atoms with Crippen LogP contribution in [0.4, 0.5) is 5.82 Å². The summed E-state index contributed by atoms with van der Waals surface area (Å²) in [6.45, 7) is 12.3. The molecule has 0 bridgehead atoms. The molecule has 1 aliphatic rings. The number of nitrogens with one attached hydrogen (secondary N) is 1. The van der Waals surface area contributed by atoms with Gasteiger partial charge in [-0.2, -0.15) is 0 Å². The lowest BCUT2D eigenvalue weighted by Crippen LogP contribution is -2.46. The number of piperazine rings is 1. The zero-order valence-electron chi connectivity index (χ0n) is 22.1. The molecule has 8 heteroatoms. The minimum absolute atomic E-state index is 0.177. The standard InChI is InChI=1S/C29H37N5O3/c1-4-12-30-29(35)27-10-11-28(32-31-27)34-15-13-33(14-16-34)21-22-17-24(20-26(18-22)37-6-3)23-8-7-9-25(19-23)36-5-2/h7-11,17-20H,4-6,12-16,21H2,1-3H3,(H,30,35). The second-order valence-electron chi connectivity index (χ2n) is 9.06. The molecule has 1 amide bonds. The van der Waals surface area contributed by atoms with Gasteiger partial charge in [-0.1, -0.05) is 19.1 Å². The minimum Gasteiger partial charge on any atom is -0.494 e. The van der Waals surface area contributed by atoms with Gasteiger partial charge in [-0.3, -0.25) is 9.69 Å². The molecule has 0 aliphatic carbocycles. The molecule has 2 heterocycles. The van der Waals surface area contributed by atoms with Gasteiger partial charge in [-0.15, -0.1) is 10.2 Å². The fraction of sp³-hybridized carbons (Fsp3) is 0.414. The molecule has 1 fully saturated rings. The first-order chi connectivity index (χ1) is 18.1. The molecule has 1 aromatic heterocycles. The Morgan fingerprint density at radius 2 is 1.62 bits per heavy atom. The van der Waals surface area contributed by atoms with Gasteiger partial charge in [0.25, 0.3) is 5.91 Å². The molecule has 3 aromatic rings. The number of anilines is 1. The summed E-state index contributed by atoms with van der Waals surface area (Å²) < 4.78 is 11.6. The van der Waals surface area contributed by atoms with Crippen molar-refractivity contribution in [3.05, 3.63) is 65.9 Å². The third-order valence-corrected chi connectivity index (χ3v) is 6.28. The van der Waals surface area contributed by atoms with Crippen LogP contribution in [0, 0.1) is 0 Å². The maximum atomic E-state index is 12.1. The number of hydrogen-bond donors (Lipinski definition) is 1. The number of carbonyl (C=O) groups excluding carboxylic acids is 1. The van der Waals surface area contributed by atoms with E-state index in [1.807, 2.05) is 39.0 Å². The van der Waals surface area contributed by atoms with Gasteiger partial charge in [0.15, 0.2) is 11.5 Å². The van der Waals surface area contributed by atoms with Crippen molar-refractivity contribution in [2.24, 2.45) is 0 Å². The first-order valence-electron chi connectivity index (χ1n) is 13.2. The lowest BCUT2D eigenvalue weighted by atomic mass is 10.0. The second-order valence-corrected chi connectivity index (χ2v) is 9.06. The molecule has 37 heavy (non-hydrogen) atoms. The Hall–Kier alpha value is -3.65. The molecule has 8 nitrogen and oxygen atoms in total. The first kappa shape index (κ1) is 26.4. The summed E-state index contributed by atoms with van der Waals surface area (Å²) >= 11 is 0. The molecule has 0 radical (unpaired) electrons.